The van der Waals surface area contributed by atoms with Crippen LogP contribution in [0, 0.1) is 0 Å². The van der Waals surface area contributed by atoms with Crippen LogP contribution in [0.5, 0.6) is 0 Å². The molecule has 0 aromatic heterocycles. The number of hydrogen-bond donors (Lipinski definition) is 1. The van der Waals surface area contributed by atoms with Crippen LogP contribution >= 0.6 is 0 Å². The molecule has 1 unspecified atom stereocenters. The van der Waals surface area contributed by atoms with Gasteiger partial charge in [0.15, 0.2) is 0 Å². The summed E-state index contributed by atoms with van der Waals surface area (Å²) in [5.74, 6) is -0.356. The molecular weight excluding hydrogens is 398 g/mol. The molecule has 2 heterocycles. The fraction of sp³-hybridized carbons (Fsp3) is 0.579. The number of rotatable bonds is 7. The maximum Gasteiger partial charge on any atom is 0.254 e. The van der Waals surface area contributed by atoms with Gasteiger partial charge in [0.25, 0.3) is 5.91 Å². The lowest BCUT2D eigenvalue weighted by atomic mass is 10.2. The summed E-state index contributed by atoms with van der Waals surface area (Å²) in [5.41, 5.74) is 0.307. The summed E-state index contributed by atoms with van der Waals surface area (Å²) in [5, 5.41) is 0. The lowest BCUT2D eigenvalue weighted by Crippen LogP contribution is -2.51. The van der Waals surface area contributed by atoms with E-state index < -0.39 is 10.0 Å². The molecule has 2 aliphatic rings. The molecule has 0 bridgehead atoms. The van der Waals surface area contributed by atoms with Crippen LogP contribution in [0.4, 0.5) is 0 Å². The number of ether oxygens (including phenoxy) is 2. The van der Waals surface area contributed by atoms with Crippen molar-refractivity contribution in [3.8, 4) is 0 Å². The van der Waals surface area contributed by atoms with E-state index in [1.807, 2.05) is 0 Å². The topological polar surface area (TPSA) is 105 Å². The normalized spacial score (nSPS) is 20.1. The van der Waals surface area contributed by atoms with Gasteiger partial charge in [-0.25, -0.2) is 13.1 Å². The van der Waals surface area contributed by atoms with Crippen LogP contribution < -0.4 is 4.72 Å². The Morgan fingerprint density at radius 1 is 1.21 bits per heavy atom. The van der Waals surface area contributed by atoms with Gasteiger partial charge in [0, 0.05) is 52.0 Å². The standard InChI is InChI=1S/C19H27N3O6S/c1-27-14-18(23)21-7-9-22(10-8-21)19(24)15-4-2-6-17(12-15)29(25,26)20-13-16-5-3-11-28-16/h2,4,6,12,16,20H,3,5,7-11,13-14H2,1H3. The molecule has 1 aromatic rings. The summed E-state index contributed by atoms with van der Waals surface area (Å²) in [6.07, 6.45) is 1.66. The van der Waals surface area contributed by atoms with Crippen LogP contribution in [0.1, 0.15) is 23.2 Å². The molecule has 10 heteroatoms. The van der Waals surface area contributed by atoms with Crippen LogP contribution in [0.3, 0.4) is 0 Å². The first-order chi connectivity index (χ1) is 13.9. The van der Waals surface area contributed by atoms with E-state index in [2.05, 4.69) is 4.72 Å². The second kappa shape index (κ2) is 9.66. The van der Waals surface area contributed by atoms with E-state index in [4.69, 9.17) is 9.47 Å². The molecule has 2 amide bonds. The third-order valence-corrected chi connectivity index (χ3v) is 6.52. The van der Waals surface area contributed by atoms with Crippen LogP contribution in [-0.4, -0.2) is 89.2 Å². The highest BCUT2D eigenvalue weighted by Crippen LogP contribution is 2.16. The first-order valence-electron chi connectivity index (χ1n) is 9.68. The van der Waals surface area contributed by atoms with Gasteiger partial charge >= 0.3 is 0 Å². The fourth-order valence-electron chi connectivity index (χ4n) is 3.44. The maximum absolute atomic E-state index is 12.8. The van der Waals surface area contributed by atoms with Crippen molar-refractivity contribution in [3.05, 3.63) is 29.8 Å². The van der Waals surface area contributed by atoms with E-state index in [-0.39, 0.29) is 36.0 Å². The zero-order chi connectivity index (χ0) is 20.9. The highest BCUT2D eigenvalue weighted by Gasteiger charge is 2.26. The number of benzene rings is 1. The SMILES string of the molecule is COCC(=O)N1CCN(C(=O)c2cccc(S(=O)(=O)NCC3CCCO3)c2)CC1. The monoisotopic (exact) mass is 425 g/mol. The van der Waals surface area contributed by atoms with E-state index in [1.165, 1.54) is 19.2 Å². The van der Waals surface area contributed by atoms with Crippen molar-refractivity contribution in [2.24, 2.45) is 0 Å². The van der Waals surface area contributed by atoms with Gasteiger partial charge in [-0.05, 0) is 31.0 Å². The third kappa shape index (κ3) is 5.53. The lowest BCUT2D eigenvalue weighted by Gasteiger charge is -2.34. The third-order valence-electron chi connectivity index (χ3n) is 5.10. The minimum atomic E-state index is -3.73. The van der Waals surface area contributed by atoms with E-state index in [0.29, 0.717) is 38.3 Å². The average molecular weight is 426 g/mol. The molecule has 2 aliphatic heterocycles. The second-order valence-corrected chi connectivity index (χ2v) is 8.89. The number of piperazine rings is 1. The Bertz CT molecular complexity index is 830. The Balaban J connectivity index is 1.61. The van der Waals surface area contributed by atoms with Gasteiger partial charge in [-0.1, -0.05) is 6.07 Å². The number of carbonyl (C=O) groups excluding carboxylic acids is 2. The molecule has 2 fully saturated rings. The molecule has 0 aliphatic carbocycles. The van der Waals surface area contributed by atoms with Gasteiger partial charge in [-0.3, -0.25) is 9.59 Å². The predicted octanol–water partition coefficient (Wildman–Crippen LogP) is 0.0747. The molecule has 160 valence electrons. The zero-order valence-corrected chi connectivity index (χ0v) is 17.3. The minimum Gasteiger partial charge on any atom is -0.377 e. The second-order valence-electron chi connectivity index (χ2n) is 7.12. The molecule has 1 atom stereocenters. The number of methoxy groups -OCH3 is 1. The Labute approximate surface area is 171 Å². The molecule has 3 rings (SSSR count). The molecule has 0 spiro atoms. The van der Waals surface area contributed by atoms with Crippen molar-refractivity contribution < 1.29 is 27.5 Å². The summed E-state index contributed by atoms with van der Waals surface area (Å²) < 4.78 is 38.0. The summed E-state index contributed by atoms with van der Waals surface area (Å²) >= 11 is 0. The number of hydrogen-bond acceptors (Lipinski definition) is 6. The summed E-state index contributed by atoms with van der Waals surface area (Å²) in [6.45, 7) is 2.53. The van der Waals surface area contributed by atoms with Crippen molar-refractivity contribution in [1.82, 2.24) is 14.5 Å². The fourth-order valence-corrected chi connectivity index (χ4v) is 4.56. The van der Waals surface area contributed by atoms with Crippen LogP contribution in [-0.2, 0) is 24.3 Å². The quantitative estimate of drug-likeness (QED) is 0.663. The molecular formula is C19H27N3O6S. The molecule has 1 aromatic carbocycles. The Kier molecular flexibility index (Phi) is 7.23. The Morgan fingerprint density at radius 2 is 1.93 bits per heavy atom. The Hall–Kier alpha value is -2.01. The number of sulfonamides is 1. The summed E-state index contributed by atoms with van der Waals surface area (Å²) in [4.78, 5) is 28.0. The van der Waals surface area contributed by atoms with Crippen LogP contribution in [0.25, 0.3) is 0 Å². The van der Waals surface area contributed by atoms with Crippen molar-refractivity contribution in [2.45, 2.75) is 23.8 Å². The van der Waals surface area contributed by atoms with Gasteiger partial charge in [0.2, 0.25) is 15.9 Å². The molecule has 0 radical (unpaired) electrons. The molecule has 0 saturated carbocycles. The predicted molar refractivity (Wildman–Crippen MR) is 105 cm³/mol. The van der Waals surface area contributed by atoms with Crippen molar-refractivity contribution in [2.75, 3.05) is 53.0 Å². The van der Waals surface area contributed by atoms with E-state index in [0.717, 1.165) is 12.8 Å². The lowest BCUT2D eigenvalue weighted by molar-refractivity contribution is -0.136. The highest BCUT2D eigenvalue weighted by atomic mass is 32.2. The smallest absolute Gasteiger partial charge is 0.254 e. The number of carbonyl (C=O) groups is 2. The molecule has 2 saturated heterocycles. The van der Waals surface area contributed by atoms with Crippen molar-refractivity contribution in [3.63, 3.8) is 0 Å². The first-order valence-corrected chi connectivity index (χ1v) is 11.2. The van der Waals surface area contributed by atoms with Gasteiger partial charge in [-0.15, -0.1) is 0 Å². The average Bonchev–Trinajstić information content (AvgIpc) is 3.26. The van der Waals surface area contributed by atoms with Gasteiger partial charge in [-0.2, -0.15) is 0 Å². The van der Waals surface area contributed by atoms with E-state index >= 15 is 0 Å². The van der Waals surface area contributed by atoms with E-state index in [9.17, 15) is 18.0 Å². The van der Waals surface area contributed by atoms with Gasteiger partial charge in [0.1, 0.15) is 6.61 Å². The van der Waals surface area contributed by atoms with Gasteiger partial charge in [0.05, 0.1) is 11.0 Å². The zero-order valence-electron chi connectivity index (χ0n) is 16.5. The van der Waals surface area contributed by atoms with Crippen LogP contribution in [0.15, 0.2) is 29.2 Å². The minimum absolute atomic E-state index is 0.0206. The molecule has 29 heavy (non-hydrogen) atoms. The highest BCUT2D eigenvalue weighted by molar-refractivity contribution is 7.89. The van der Waals surface area contributed by atoms with E-state index in [1.54, 1.807) is 21.9 Å². The van der Waals surface area contributed by atoms with Crippen LogP contribution in [0.2, 0.25) is 0 Å². The summed E-state index contributed by atoms with van der Waals surface area (Å²) in [6, 6.07) is 6.02. The molecule has 9 nitrogen and oxygen atoms in total. The van der Waals surface area contributed by atoms with Crippen molar-refractivity contribution in [1.29, 1.82) is 0 Å². The maximum atomic E-state index is 12.8. The first kappa shape index (κ1) is 21.7. The number of nitrogens with zero attached hydrogens (tertiary/aromatic N) is 2. The van der Waals surface area contributed by atoms with Gasteiger partial charge < -0.3 is 19.3 Å². The number of nitrogens with one attached hydrogen (secondary N) is 1. The summed E-state index contributed by atoms with van der Waals surface area (Å²) in [7, 11) is -2.26. The molecule has 1 N–H and O–H groups in total. The number of amides is 2. The Morgan fingerprint density at radius 3 is 2.59 bits per heavy atom. The van der Waals surface area contributed by atoms with Crippen molar-refractivity contribution >= 4 is 21.8 Å². The largest absolute Gasteiger partial charge is 0.377 e.